The summed E-state index contributed by atoms with van der Waals surface area (Å²) in [4.78, 5) is 11.7. The smallest absolute Gasteiger partial charge is 0.281 e. The fraction of sp³-hybridized carbons (Fsp3) is 0.100. The molecular weight excluding hydrogens is 243 g/mol. The molecule has 0 unspecified atom stereocenters. The van der Waals surface area contributed by atoms with Crippen LogP contribution in [0.4, 0.5) is 15.9 Å². The van der Waals surface area contributed by atoms with Gasteiger partial charge in [0, 0.05) is 11.8 Å². The summed E-state index contributed by atoms with van der Waals surface area (Å²) < 4.78 is 22.2. The van der Waals surface area contributed by atoms with E-state index in [4.69, 9.17) is 10.5 Å². The van der Waals surface area contributed by atoms with E-state index in [9.17, 15) is 9.18 Å². The lowest BCUT2D eigenvalue weighted by molar-refractivity contribution is 0.101. The third kappa shape index (κ3) is 2.21. The van der Waals surface area contributed by atoms with Crippen LogP contribution in [0.5, 0.6) is 5.75 Å². The van der Waals surface area contributed by atoms with E-state index in [-0.39, 0.29) is 17.3 Å². The molecule has 0 atom stereocenters. The number of methoxy groups -OCH3 is 1. The second kappa shape index (κ2) is 4.70. The normalized spacial score (nSPS) is 10.1. The van der Waals surface area contributed by atoms with Gasteiger partial charge in [-0.05, 0) is 22.4 Å². The van der Waals surface area contributed by atoms with Gasteiger partial charge in [0.15, 0.2) is 11.6 Å². The third-order valence-electron chi connectivity index (χ3n) is 2.14. The number of amides is 1. The van der Waals surface area contributed by atoms with Crippen molar-refractivity contribution < 1.29 is 18.6 Å². The monoisotopic (exact) mass is 252 g/mol. The van der Waals surface area contributed by atoms with E-state index < -0.39 is 11.7 Å². The summed E-state index contributed by atoms with van der Waals surface area (Å²) in [6.45, 7) is 0. The van der Waals surface area contributed by atoms with Crippen LogP contribution in [0.3, 0.4) is 0 Å². The molecule has 1 heterocycles. The zero-order chi connectivity index (χ0) is 13.1. The van der Waals surface area contributed by atoms with Gasteiger partial charge >= 0.3 is 0 Å². The Bertz CT molecular complexity index is 584. The Kier molecular flexibility index (Phi) is 3.09. The minimum absolute atomic E-state index is 0.0130. The van der Waals surface area contributed by atoms with Crippen molar-refractivity contribution >= 4 is 17.4 Å². The van der Waals surface area contributed by atoms with E-state index in [1.54, 1.807) is 0 Å². The van der Waals surface area contributed by atoms with Gasteiger partial charge in [-0.2, -0.15) is 0 Å². The highest BCUT2D eigenvalue weighted by atomic mass is 19.1. The van der Waals surface area contributed by atoms with Crippen LogP contribution in [0.1, 0.15) is 10.5 Å². The first-order valence-corrected chi connectivity index (χ1v) is 4.84. The number of anilines is 2. The largest absolute Gasteiger partial charge is 0.494 e. The summed E-state index contributed by atoms with van der Waals surface area (Å²) in [5, 5.41) is 9.08. The molecule has 0 saturated carbocycles. The van der Waals surface area contributed by atoms with E-state index in [1.807, 2.05) is 0 Å². The Hall–Kier alpha value is -2.64. The molecule has 94 valence electrons. The van der Waals surface area contributed by atoms with E-state index >= 15 is 0 Å². The number of nitrogens with one attached hydrogen (secondary N) is 1. The van der Waals surface area contributed by atoms with E-state index in [2.05, 4.69) is 20.3 Å². The fourth-order valence-corrected chi connectivity index (χ4v) is 1.28. The van der Waals surface area contributed by atoms with Crippen LogP contribution >= 0.6 is 0 Å². The summed E-state index contributed by atoms with van der Waals surface area (Å²) in [6, 6.07) is 3.87. The third-order valence-corrected chi connectivity index (χ3v) is 2.14. The number of carbonyl (C=O) groups excluding carboxylic acids is 1. The second-order valence-corrected chi connectivity index (χ2v) is 3.30. The van der Waals surface area contributed by atoms with Gasteiger partial charge in [0.2, 0.25) is 11.5 Å². The van der Waals surface area contributed by atoms with Gasteiger partial charge in [-0.3, -0.25) is 4.79 Å². The zero-order valence-corrected chi connectivity index (χ0v) is 9.31. The van der Waals surface area contributed by atoms with Gasteiger partial charge in [-0.15, -0.1) is 0 Å². The Morgan fingerprint density at radius 3 is 2.89 bits per heavy atom. The number of benzene rings is 1. The lowest BCUT2D eigenvalue weighted by Gasteiger charge is -2.06. The standard InChI is InChI=1S/C10H9FN4O3/c1-17-7-4-5(2-3-6(7)11)13-10(16)8-9(12)15-18-14-8/h2-4H,1H3,(H2,12,15)(H,13,16). The molecule has 0 saturated heterocycles. The van der Waals surface area contributed by atoms with E-state index in [0.29, 0.717) is 5.69 Å². The van der Waals surface area contributed by atoms with Crippen molar-refractivity contribution in [1.82, 2.24) is 10.3 Å². The van der Waals surface area contributed by atoms with Gasteiger partial charge in [0.25, 0.3) is 5.91 Å². The number of ether oxygens (including phenoxy) is 1. The zero-order valence-electron chi connectivity index (χ0n) is 9.31. The predicted molar refractivity (Wildman–Crippen MR) is 59.6 cm³/mol. The summed E-state index contributed by atoms with van der Waals surface area (Å²) >= 11 is 0. The van der Waals surface area contributed by atoms with Gasteiger partial charge < -0.3 is 15.8 Å². The average Bonchev–Trinajstić information content (AvgIpc) is 2.78. The average molecular weight is 252 g/mol. The van der Waals surface area contributed by atoms with E-state index in [0.717, 1.165) is 0 Å². The maximum atomic E-state index is 13.1. The van der Waals surface area contributed by atoms with Crippen molar-refractivity contribution in [2.45, 2.75) is 0 Å². The number of halogens is 1. The number of aromatic nitrogens is 2. The molecule has 1 amide bonds. The first-order valence-electron chi connectivity index (χ1n) is 4.84. The van der Waals surface area contributed by atoms with Crippen LogP contribution in [0.15, 0.2) is 22.8 Å². The molecule has 0 spiro atoms. The molecule has 18 heavy (non-hydrogen) atoms. The molecule has 0 aliphatic rings. The van der Waals surface area contributed by atoms with Crippen LogP contribution in [0.2, 0.25) is 0 Å². The minimum atomic E-state index is -0.609. The van der Waals surface area contributed by atoms with Crippen molar-refractivity contribution in [3.8, 4) is 5.75 Å². The highest BCUT2D eigenvalue weighted by Crippen LogP contribution is 2.22. The maximum absolute atomic E-state index is 13.1. The number of hydrogen-bond donors (Lipinski definition) is 2. The van der Waals surface area contributed by atoms with Gasteiger partial charge in [0.05, 0.1) is 7.11 Å². The highest BCUT2D eigenvalue weighted by Gasteiger charge is 2.16. The Morgan fingerprint density at radius 1 is 1.50 bits per heavy atom. The summed E-state index contributed by atoms with van der Waals surface area (Å²) in [5.41, 5.74) is 5.56. The van der Waals surface area contributed by atoms with Crippen molar-refractivity contribution in [3.05, 3.63) is 29.7 Å². The lowest BCUT2D eigenvalue weighted by Crippen LogP contribution is -2.14. The molecule has 1 aromatic carbocycles. The van der Waals surface area contributed by atoms with Crippen molar-refractivity contribution in [2.24, 2.45) is 0 Å². The molecule has 1 aromatic heterocycles. The van der Waals surface area contributed by atoms with Crippen molar-refractivity contribution in [2.75, 3.05) is 18.2 Å². The molecule has 2 aromatic rings. The molecule has 0 radical (unpaired) electrons. The van der Waals surface area contributed by atoms with Crippen LogP contribution in [0.25, 0.3) is 0 Å². The summed E-state index contributed by atoms with van der Waals surface area (Å²) in [6.07, 6.45) is 0. The number of hydrogen-bond acceptors (Lipinski definition) is 6. The molecule has 0 bridgehead atoms. The maximum Gasteiger partial charge on any atom is 0.281 e. The topological polar surface area (TPSA) is 103 Å². The Morgan fingerprint density at radius 2 is 2.28 bits per heavy atom. The fourth-order valence-electron chi connectivity index (χ4n) is 1.28. The minimum Gasteiger partial charge on any atom is -0.494 e. The summed E-state index contributed by atoms with van der Waals surface area (Å²) in [5.74, 6) is -1.25. The number of rotatable bonds is 3. The molecule has 0 aliphatic heterocycles. The highest BCUT2D eigenvalue weighted by molar-refractivity contribution is 6.05. The first kappa shape index (κ1) is 11.8. The summed E-state index contributed by atoms with van der Waals surface area (Å²) in [7, 11) is 1.32. The van der Waals surface area contributed by atoms with Crippen molar-refractivity contribution in [1.29, 1.82) is 0 Å². The number of nitrogens with two attached hydrogens (primary N) is 1. The SMILES string of the molecule is COc1cc(NC(=O)c2nonc2N)ccc1F. The molecule has 0 fully saturated rings. The van der Waals surface area contributed by atoms with Crippen LogP contribution in [-0.2, 0) is 0 Å². The first-order chi connectivity index (χ1) is 8.61. The molecule has 7 nitrogen and oxygen atoms in total. The number of carbonyl (C=O) groups is 1. The van der Waals surface area contributed by atoms with Crippen LogP contribution in [-0.4, -0.2) is 23.3 Å². The molecule has 8 heteroatoms. The molecule has 2 rings (SSSR count). The Labute approximate surface area is 101 Å². The molecular formula is C10H9FN4O3. The van der Waals surface area contributed by atoms with Gasteiger partial charge in [0.1, 0.15) is 0 Å². The van der Waals surface area contributed by atoms with Crippen LogP contribution < -0.4 is 15.8 Å². The molecule has 3 N–H and O–H groups in total. The molecule has 0 aliphatic carbocycles. The van der Waals surface area contributed by atoms with Crippen molar-refractivity contribution in [3.63, 3.8) is 0 Å². The second-order valence-electron chi connectivity index (χ2n) is 3.30. The van der Waals surface area contributed by atoms with Gasteiger partial charge in [-0.1, -0.05) is 0 Å². The Balaban J connectivity index is 2.20. The van der Waals surface area contributed by atoms with Gasteiger partial charge in [-0.25, -0.2) is 9.02 Å². The quantitative estimate of drug-likeness (QED) is 0.846. The number of nitrogen functional groups attached to an aromatic ring is 1. The number of nitrogens with zero attached hydrogens (tertiary/aromatic N) is 2. The predicted octanol–water partition coefficient (Wildman–Crippen LogP) is 1.05. The van der Waals surface area contributed by atoms with E-state index in [1.165, 1.54) is 25.3 Å². The van der Waals surface area contributed by atoms with Crippen LogP contribution in [0, 0.1) is 5.82 Å². The lowest BCUT2D eigenvalue weighted by atomic mass is 10.2.